The Labute approximate surface area is 71.2 Å². The van der Waals surface area contributed by atoms with Crippen LogP contribution in [0.15, 0.2) is 42.2 Å². The Bertz CT molecular complexity index is 299. The van der Waals surface area contributed by atoms with E-state index in [9.17, 15) is 4.79 Å². The van der Waals surface area contributed by atoms with E-state index in [1.165, 1.54) is 0 Å². The smallest absolute Gasteiger partial charge is 0.191 e. The van der Waals surface area contributed by atoms with E-state index in [4.69, 9.17) is 5.11 Å². The molecular weight excluding hydrogens is 152 g/mol. The van der Waals surface area contributed by atoms with Gasteiger partial charge in [0.25, 0.3) is 0 Å². The summed E-state index contributed by atoms with van der Waals surface area (Å²) in [6.45, 7) is 1.58. The number of hydrogen-bond acceptors (Lipinski definition) is 2. The van der Waals surface area contributed by atoms with Crippen molar-refractivity contribution in [2.45, 2.75) is 6.92 Å². The second-order valence-electron chi connectivity index (χ2n) is 2.51. The van der Waals surface area contributed by atoms with Gasteiger partial charge in [-0.2, -0.15) is 0 Å². The summed E-state index contributed by atoms with van der Waals surface area (Å²) in [6, 6.07) is 8.86. The van der Waals surface area contributed by atoms with Gasteiger partial charge in [-0.3, -0.25) is 4.79 Å². The molecule has 2 heteroatoms. The van der Waals surface area contributed by atoms with Crippen LogP contribution in [0.1, 0.15) is 17.3 Å². The zero-order valence-electron chi connectivity index (χ0n) is 6.82. The van der Waals surface area contributed by atoms with Gasteiger partial charge in [0.15, 0.2) is 5.78 Å². The van der Waals surface area contributed by atoms with E-state index < -0.39 is 0 Å². The Morgan fingerprint density at radius 3 is 2.42 bits per heavy atom. The summed E-state index contributed by atoms with van der Waals surface area (Å²) in [6.07, 6.45) is 0.829. The zero-order chi connectivity index (χ0) is 8.97. The maximum Gasteiger partial charge on any atom is 0.191 e. The summed E-state index contributed by atoms with van der Waals surface area (Å²) >= 11 is 0. The van der Waals surface area contributed by atoms with Crippen molar-refractivity contribution < 1.29 is 9.90 Å². The van der Waals surface area contributed by atoms with Crippen LogP contribution in [0.4, 0.5) is 0 Å². The maximum atomic E-state index is 11.3. The summed E-state index contributed by atoms with van der Waals surface area (Å²) in [5, 5.41) is 8.58. The molecule has 0 aliphatic heterocycles. The van der Waals surface area contributed by atoms with E-state index in [1.807, 2.05) is 6.07 Å². The van der Waals surface area contributed by atoms with Crippen LogP contribution in [0.5, 0.6) is 0 Å². The van der Waals surface area contributed by atoms with Crippen molar-refractivity contribution in [2.24, 2.45) is 0 Å². The van der Waals surface area contributed by atoms with Crippen LogP contribution >= 0.6 is 0 Å². The molecular formula is C10H10O2. The Hall–Kier alpha value is -1.57. The molecule has 1 rings (SSSR count). The number of carbonyl (C=O) groups is 1. The van der Waals surface area contributed by atoms with Crippen LogP contribution < -0.4 is 0 Å². The van der Waals surface area contributed by atoms with Crippen LogP contribution in [0.25, 0.3) is 0 Å². The van der Waals surface area contributed by atoms with Crippen LogP contribution in [0.3, 0.4) is 0 Å². The Morgan fingerprint density at radius 1 is 1.33 bits per heavy atom. The molecule has 12 heavy (non-hydrogen) atoms. The molecule has 0 spiro atoms. The monoisotopic (exact) mass is 162 g/mol. The molecule has 0 atom stereocenters. The lowest BCUT2D eigenvalue weighted by Crippen LogP contribution is -1.99. The fraction of sp³-hybridized carbons (Fsp3) is 0.100. The van der Waals surface area contributed by atoms with E-state index in [1.54, 1.807) is 31.2 Å². The summed E-state index contributed by atoms with van der Waals surface area (Å²) < 4.78 is 0. The van der Waals surface area contributed by atoms with Crippen molar-refractivity contribution >= 4 is 5.78 Å². The second-order valence-corrected chi connectivity index (χ2v) is 2.51. The number of hydrogen-bond donors (Lipinski definition) is 1. The maximum absolute atomic E-state index is 11.3. The highest BCUT2D eigenvalue weighted by atomic mass is 16.2. The number of benzene rings is 1. The third-order valence-electron chi connectivity index (χ3n) is 1.59. The predicted molar refractivity (Wildman–Crippen MR) is 47.2 cm³/mol. The van der Waals surface area contributed by atoms with Crippen molar-refractivity contribution in [3.05, 3.63) is 47.7 Å². The molecule has 1 N–H and O–H groups in total. The third-order valence-corrected chi connectivity index (χ3v) is 1.59. The molecule has 1 aromatic carbocycles. The largest absolute Gasteiger partial charge is 0.515 e. The fourth-order valence-electron chi connectivity index (χ4n) is 0.876. The molecule has 0 aliphatic carbocycles. The minimum atomic E-state index is -0.141. The zero-order valence-corrected chi connectivity index (χ0v) is 6.82. The topological polar surface area (TPSA) is 37.3 Å². The minimum Gasteiger partial charge on any atom is -0.515 e. The molecule has 0 aromatic heterocycles. The number of aliphatic hydroxyl groups is 1. The minimum absolute atomic E-state index is 0.141. The highest BCUT2D eigenvalue weighted by Crippen LogP contribution is 2.06. The van der Waals surface area contributed by atoms with Gasteiger partial charge in [-0.25, -0.2) is 0 Å². The molecule has 0 amide bonds. The van der Waals surface area contributed by atoms with Crippen molar-refractivity contribution in [1.82, 2.24) is 0 Å². The van der Waals surface area contributed by atoms with Crippen molar-refractivity contribution in [3.63, 3.8) is 0 Å². The van der Waals surface area contributed by atoms with Gasteiger partial charge >= 0.3 is 0 Å². The lowest BCUT2D eigenvalue weighted by atomic mass is 10.1. The number of ketones is 1. The Balaban J connectivity index is 2.94. The van der Waals surface area contributed by atoms with Crippen LogP contribution in [0.2, 0.25) is 0 Å². The molecule has 0 saturated carbocycles. The van der Waals surface area contributed by atoms with Gasteiger partial charge in [-0.15, -0.1) is 0 Å². The lowest BCUT2D eigenvalue weighted by molar-refractivity contribution is 0.103. The highest BCUT2D eigenvalue weighted by molar-refractivity contribution is 6.08. The number of Topliss-reactive ketones (excluding diaryl/α,β-unsaturated/α-hetero) is 1. The van der Waals surface area contributed by atoms with Gasteiger partial charge < -0.3 is 5.11 Å². The first-order valence-corrected chi connectivity index (χ1v) is 3.66. The first kappa shape index (κ1) is 8.53. The van der Waals surface area contributed by atoms with Gasteiger partial charge in [0.1, 0.15) is 0 Å². The van der Waals surface area contributed by atoms with Gasteiger partial charge in [0, 0.05) is 11.1 Å². The van der Waals surface area contributed by atoms with E-state index in [2.05, 4.69) is 0 Å². The molecule has 0 unspecified atom stereocenters. The van der Waals surface area contributed by atoms with Crippen LogP contribution in [-0.4, -0.2) is 10.9 Å². The Morgan fingerprint density at radius 2 is 1.92 bits per heavy atom. The highest BCUT2D eigenvalue weighted by Gasteiger charge is 2.05. The molecule has 0 radical (unpaired) electrons. The molecule has 1 aromatic rings. The van der Waals surface area contributed by atoms with E-state index in [0.717, 1.165) is 6.26 Å². The average Bonchev–Trinajstić information content (AvgIpc) is 2.17. The summed E-state index contributed by atoms with van der Waals surface area (Å²) in [5.41, 5.74) is 0.946. The van der Waals surface area contributed by atoms with Crippen molar-refractivity contribution in [3.8, 4) is 0 Å². The van der Waals surface area contributed by atoms with Crippen LogP contribution in [-0.2, 0) is 0 Å². The molecule has 0 fully saturated rings. The number of rotatable bonds is 2. The standard InChI is InChI=1S/C10H10O2/c1-8(7-11)10(12)9-5-3-2-4-6-9/h2-7,11H,1H3/b8-7+. The number of carbonyl (C=O) groups excluding carboxylic acids is 1. The normalized spacial score (nSPS) is 11.2. The van der Waals surface area contributed by atoms with Gasteiger partial charge in [-0.1, -0.05) is 30.3 Å². The predicted octanol–water partition coefficient (Wildman–Crippen LogP) is 2.33. The van der Waals surface area contributed by atoms with Gasteiger partial charge in [0.05, 0.1) is 6.26 Å². The molecule has 0 bridgehead atoms. The van der Waals surface area contributed by atoms with Crippen molar-refractivity contribution in [1.29, 1.82) is 0 Å². The average molecular weight is 162 g/mol. The molecule has 62 valence electrons. The van der Waals surface area contributed by atoms with Gasteiger partial charge in [-0.05, 0) is 6.92 Å². The molecule has 0 aliphatic rings. The van der Waals surface area contributed by atoms with E-state index in [-0.39, 0.29) is 5.78 Å². The van der Waals surface area contributed by atoms with E-state index >= 15 is 0 Å². The third kappa shape index (κ3) is 1.72. The summed E-state index contributed by atoms with van der Waals surface area (Å²) in [5.74, 6) is -0.141. The lowest BCUT2D eigenvalue weighted by Gasteiger charge is -1.97. The first-order valence-electron chi connectivity index (χ1n) is 3.66. The number of allylic oxidation sites excluding steroid dienone is 1. The molecule has 0 saturated heterocycles. The first-order chi connectivity index (χ1) is 5.75. The van der Waals surface area contributed by atoms with Gasteiger partial charge in [0.2, 0.25) is 0 Å². The molecule has 2 nitrogen and oxygen atoms in total. The summed E-state index contributed by atoms with van der Waals surface area (Å²) in [7, 11) is 0. The molecule has 0 heterocycles. The quantitative estimate of drug-likeness (QED) is 0.411. The summed E-state index contributed by atoms with van der Waals surface area (Å²) in [4.78, 5) is 11.3. The Kier molecular flexibility index (Phi) is 2.64. The van der Waals surface area contributed by atoms with E-state index in [0.29, 0.717) is 11.1 Å². The van der Waals surface area contributed by atoms with Crippen LogP contribution in [0, 0.1) is 0 Å². The number of aliphatic hydroxyl groups excluding tert-OH is 1. The second kappa shape index (κ2) is 3.72. The SMILES string of the molecule is C/C(=C\O)C(=O)c1ccccc1. The van der Waals surface area contributed by atoms with Crippen molar-refractivity contribution in [2.75, 3.05) is 0 Å². The fourth-order valence-corrected chi connectivity index (χ4v) is 0.876.